The van der Waals surface area contributed by atoms with Crippen LogP contribution in [0.3, 0.4) is 0 Å². The molecule has 2 amide bonds. The number of carbonyl (C=O) groups excluding carboxylic acids is 2. The molecule has 6 heteroatoms. The van der Waals surface area contributed by atoms with Crippen molar-refractivity contribution in [1.82, 2.24) is 10.2 Å². The van der Waals surface area contributed by atoms with Gasteiger partial charge in [-0.15, -0.1) is 11.8 Å². The first-order valence-electron chi connectivity index (χ1n) is 12.0. The van der Waals surface area contributed by atoms with Gasteiger partial charge in [-0.1, -0.05) is 78.7 Å². The molecule has 0 aromatic heterocycles. The summed E-state index contributed by atoms with van der Waals surface area (Å²) in [5.74, 6) is 0.488. The van der Waals surface area contributed by atoms with E-state index in [-0.39, 0.29) is 11.8 Å². The number of aryl methyl sites for hydroxylation is 1. The highest BCUT2D eigenvalue weighted by molar-refractivity contribution is 7.99. The van der Waals surface area contributed by atoms with Crippen molar-refractivity contribution in [1.29, 1.82) is 0 Å². The molecule has 0 aliphatic heterocycles. The Morgan fingerprint density at radius 3 is 2.37 bits per heavy atom. The van der Waals surface area contributed by atoms with Crippen LogP contribution >= 0.6 is 23.4 Å². The molecule has 3 rings (SSSR count). The molecule has 0 unspecified atom stereocenters. The second kappa shape index (κ2) is 14.0. The fraction of sp³-hybridized carbons (Fsp3) is 0.310. The van der Waals surface area contributed by atoms with Gasteiger partial charge < -0.3 is 10.2 Å². The van der Waals surface area contributed by atoms with Crippen molar-refractivity contribution in [3.63, 3.8) is 0 Å². The Hall–Kier alpha value is -2.76. The Kier molecular flexibility index (Phi) is 10.7. The van der Waals surface area contributed by atoms with Gasteiger partial charge in [0, 0.05) is 41.6 Å². The zero-order valence-electron chi connectivity index (χ0n) is 20.4. The van der Waals surface area contributed by atoms with Crippen molar-refractivity contribution < 1.29 is 9.59 Å². The highest BCUT2D eigenvalue weighted by Gasteiger charge is 2.30. The smallest absolute Gasteiger partial charge is 0.243 e. The summed E-state index contributed by atoms with van der Waals surface area (Å²) in [6.45, 7) is 5.04. The van der Waals surface area contributed by atoms with E-state index in [1.165, 1.54) is 0 Å². The number of amides is 2. The zero-order valence-corrected chi connectivity index (χ0v) is 21.9. The number of benzene rings is 3. The van der Waals surface area contributed by atoms with Crippen molar-refractivity contribution in [2.75, 3.05) is 12.3 Å². The lowest BCUT2D eigenvalue weighted by molar-refractivity contribution is -0.141. The molecular formula is C29H33ClN2O2S. The molecule has 0 saturated carbocycles. The van der Waals surface area contributed by atoms with Crippen LogP contribution in [0.1, 0.15) is 36.5 Å². The van der Waals surface area contributed by atoms with Crippen LogP contribution in [0.5, 0.6) is 0 Å². The quantitative estimate of drug-likeness (QED) is 0.292. The first kappa shape index (κ1) is 26.8. The molecule has 184 valence electrons. The largest absolute Gasteiger partial charge is 0.354 e. The molecule has 35 heavy (non-hydrogen) atoms. The number of carbonyl (C=O) groups is 2. The van der Waals surface area contributed by atoms with Crippen LogP contribution in [0.25, 0.3) is 0 Å². The topological polar surface area (TPSA) is 49.4 Å². The number of rotatable bonds is 12. The molecule has 1 atom stereocenters. The minimum atomic E-state index is -0.586. The molecule has 0 aliphatic carbocycles. The SMILES string of the molecule is CCCNC(=O)[C@@H](Cc1ccccc1)N(Cc1cccc(C)c1)C(=O)CCSc1ccc(Cl)cc1. The van der Waals surface area contributed by atoms with E-state index in [9.17, 15) is 9.59 Å². The van der Waals surface area contributed by atoms with Crippen LogP contribution in [-0.2, 0) is 22.6 Å². The average Bonchev–Trinajstić information content (AvgIpc) is 2.86. The van der Waals surface area contributed by atoms with Crippen LogP contribution in [0.2, 0.25) is 5.02 Å². The highest BCUT2D eigenvalue weighted by atomic mass is 35.5. The van der Waals surface area contributed by atoms with Gasteiger partial charge in [0.1, 0.15) is 6.04 Å². The van der Waals surface area contributed by atoms with Crippen molar-refractivity contribution in [2.24, 2.45) is 0 Å². The molecule has 1 N–H and O–H groups in total. The molecule has 4 nitrogen and oxygen atoms in total. The van der Waals surface area contributed by atoms with Crippen LogP contribution in [0, 0.1) is 6.92 Å². The number of thioether (sulfide) groups is 1. The lowest BCUT2D eigenvalue weighted by Gasteiger charge is -2.31. The van der Waals surface area contributed by atoms with Crippen molar-refractivity contribution in [3.05, 3.63) is 101 Å². The summed E-state index contributed by atoms with van der Waals surface area (Å²) < 4.78 is 0. The Morgan fingerprint density at radius 1 is 0.971 bits per heavy atom. The van der Waals surface area contributed by atoms with E-state index >= 15 is 0 Å². The first-order valence-corrected chi connectivity index (χ1v) is 13.4. The Balaban J connectivity index is 1.82. The third-order valence-electron chi connectivity index (χ3n) is 5.65. The second-order valence-electron chi connectivity index (χ2n) is 8.56. The minimum Gasteiger partial charge on any atom is -0.354 e. The van der Waals surface area contributed by atoms with E-state index in [0.717, 1.165) is 28.0 Å². The maximum absolute atomic E-state index is 13.6. The number of hydrogen-bond donors (Lipinski definition) is 1. The Labute approximate surface area is 218 Å². The highest BCUT2D eigenvalue weighted by Crippen LogP contribution is 2.23. The number of nitrogens with zero attached hydrogens (tertiary/aromatic N) is 1. The summed E-state index contributed by atoms with van der Waals surface area (Å²) in [4.78, 5) is 29.7. The molecule has 0 radical (unpaired) electrons. The summed E-state index contributed by atoms with van der Waals surface area (Å²) in [7, 11) is 0. The normalized spacial score (nSPS) is 11.6. The molecular weight excluding hydrogens is 476 g/mol. The molecule has 0 bridgehead atoms. The second-order valence-corrected chi connectivity index (χ2v) is 10.2. The molecule has 0 saturated heterocycles. The fourth-order valence-corrected chi connectivity index (χ4v) is 4.82. The fourth-order valence-electron chi connectivity index (χ4n) is 3.86. The van der Waals surface area contributed by atoms with Crippen LogP contribution < -0.4 is 5.32 Å². The molecule has 0 heterocycles. The minimum absolute atomic E-state index is 0.0273. The van der Waals surface area contributed by atoms with E-state index in [0.29, 0.717) is 36.7 Å². The van der Waals surface area contributed by atoms with Gasteiger partial charge in [-0.05, 0) is 48.7 Å². The van der Waals surface area contributed by atoms with Gasteiger partial charge in [0.05, 0.1) is 0 Å². The van der Waals surface area contributed by atoms with E-state index < -0.39 is 6.04 Å². The number of hydrogen-bond acceptors (Lipinski definition) is 3. The van der Waals surface area contributed by atoms with Gasteiger partial charge >= 0.3 is 0 Å². The average molecular weight is 509 g/mol. The van der Waals surface area contributed by atoms with Gasteiger partial charge in [0.25, 0.3) is 0 Å². The third-order valence-corrected chi connectivity index (χ3v) is 6.92. The molecule has 3 aromatic rings. The van der Waals surface area contributed by atoms with Gasteiger partial charge in [-0.3, -0.25) is 9.59 Å². The maximum atomic E-state index is 13.6. The van der Waals surface area contributed by atoms with Crippen LogP contribution in [0.15, 0.2) is 83.8 Å². The van der Waals surface area contributed by atoms with Crippen molar-refractivity contribution >= 4 is 35.2 Å². The standard InChI is InChI=1S/C29H33ClN2O2S/c1-3-17-31-29(34)27(20-23-9-5-4-6-10-23)32(21-24-11-7-8-22(2)19-24)28(33)16-18-35-26-14-12-25(30)13-15-26/h4-15,19,27H,3,16-18,20-21H2,1-2H3,(H,31,34)/t27-/m1/s1. The summed E-state index contributed by atoms with van der Waals surface area (Å²) in [6, 6.07) is 25.0. The number of nitrogens with one attached hydrogen (secondary N) is 1. The van der Waals surface area contributed by atoms with E-state index in [2.05, 4.69) is 11.4 Å². The van der Waals surface area contributed by atoms with Gasteiger partial charge in [0.2, 0.25) is 11.8 Å². The number of halogens is 1. The lowest BCUT2D eigenvalue weighted by Crippen LogP contribution is -2.50. The zero-order chi connectivity index (χ0) is 25.0. The van der Waals surface area contributed by atoms with Gasteiger partial charge in [0.15, 0.2) is 0 Å². The van der Waals surface area contributed by atoms with Crippen LogP contribution in [-0.4, -0.2) is 35.1 Å². The predicted octanol–water partition coefficient (Wildman–Crippen LogP) is 6.30. The third kappa shape index (κ3) is 8.75. The maximum Gasteiger partial charge on any atom is 0.243 e. The van der Waals surface area contributed by atoms with E-state index in [1.807, 2.05) is 86.6 Å². The molecule has 0 fully saturated rings. The molecule has 0 aliphatic rings. The summed E-state index contributed by atoms with van der Waals surface area (Å²) >= 11 is 7.60. The predicted molar refractivity (Wildman–Crippen MR) is 146 cm³/mol. The van der Waals surface area contributed by atoms with Crippen molar-refractivity contribution in [2.45, 2.75) is 50.6 Å². The Morgan fingerprint density at radius 2 is 1.69 bits per heavy atom. The molecule has 0 spiro atoms. The summed E-state index contributed by atoms with van der Waals surface area (Å²) in [6.07, 6.45) is 1.65. The van der Waals surface area contributed by atoms with Crippen molar-refractivity contribution in [3.8, 4) is 0 Å². The molecule has 3 aromatic carbocycles. The Bertz CT molecular complexity index is 1090. The van der Waals surface area contributed by atoms with Gasteiger partial charge in [-0.2, -0.15) is 0 Å². The summed E-state index contributed by atoms with van der Waals surface area (Å²) in [5.41, 5.74) is 3.18. The summed E-state index contributed by atoms with van der Waals surface area (Å²) in [5, 5.41) is 3.71. The lowest BCUT2D eigenvalue weighted by atomic mass is 10.0. The van der Waals surface area contributed by atoms with Gasteiger partial charge in [-0.25, -0.2) is 0 Å². The first-order chi connectivity index (χ1) is 17.0. The van der Waals surface area contributed by atoms with E-state index in [1.54, 1.807) is 16.7 Å². The monoisotopic (exact) mass is 508 g/mol. The van der Waals surface area contributed by atoms with E-state index in [4.69, 9.17) is 11.6 Å². The van der Waals surface area contributed by atoms with Crippen LogP contribution in [0.4, 0.5) is 0 Å².